The molecule has 0 amide bonds. The van der Waals surface area contributed by atoms with Crippen LogP contribution in [0.1, 0.15) is 93.1 Å². The van der Waals surface area contributed by atoms with E-state index in [1.807, 2.05) is 0 Å². The van der Waals surface area contributed by atoms with Gasteiger partial charge in [0.2, 0.25) is 0 Å². The molecule has 0 spiro atoms. The molecule has 0 atom stereocenters. The van der Waals surface area contributed by atoms with E-state index < -0.39 is 0 Å². The van der Waals surface area contributed by atoms with Gasteiger partial charge in [-0.2, -0.15) is 0 Å². The quantitative estimate of drug-likeness (QED) is 0.643. The molecule has 1 saturated carbocycles. The predicted molar refractivity (Wildman–Crippen MR) is 85.5 cm³/mol. The highest BCUT2D eigenvalue weighted by atomic mass is 16.1. The molecule has 0 aromatic heterocycles. The van der Waals surface area contributed by atoms with Crippen molar-refractivity contribution in [1.82, 2.24) is 0 Å². The molecule has 0 bridgehead atoms. The summed E-state index contributed by atoms with van der Waals surface area (Å²) in [6.45, 7) is 8.80. The third-order valence-electron chi connectivity index (χ3n) is 4.61. The minimum atomic E-state index is 0.270. The topological polar surface area (TPSA) is 17.1 Å². The Morgan fingerprint density at radius 3 is 2.20 bits per heavy atom. The lowest BCUT2D eigenvalue weighted by Crippen LogP contribution is -2.19. The van der Waals surface area contributed by atoms with Gasteiger partial charge in [-0.3, -0.25) is 4.79 Å². The minimum Gasteiger partial charge on any atom is -0.294 e. The zero-order valence-corrected chi connectivity index (χ0v) is 13.4. The Hall–Kier alpha value is -1.11. The summed E-state index contributed by atoms with van der Waals surface area (Å²) in [6.07, 6.45) is 5.91. The van der Waals surface area contributed by atoms with Crippen LogP contribution in [0.4, 0.5) is 0 Å². The van der Waals surface area contributed by atoms with Gasteiger partial charge in [0, 0.05) is 11.5 Å². The summed E-state index contributed by atoms with van der Waals surface area (Å²) in [4.78, 5) is 12.8. The van der Waals surface area contributed by atoms with Crippen LogP contribution in [-0.4, -0.2) is 5.78 Å². The normalized spacial score (nSPS) is 16.9. The van der Waals surface area contributed by atoms with E-state index in [4.69, 9.17) is 0 Å². The summed E-state index contributed by atoms with van der Waals surface area (Å²) in [5, 5.41) is 0. The molecule has 0 N–H and O–H groups in total. The third-order valence-corrected chi connectivity index (χ3v) is 4.61. The van der Waals surface area contributed by atoms with E-state index in [0.717, 1.165) is 18.4 Å². The third kappa shape index (κ3) is 3.31. The highest BCUT2D eigenvalue weighted by Gasteiger charge is 2.25. The van der Waals surface area contributed by atoms with Crippen molar-refractivity contribution >= 4 is 5.78 Å². The van der Waals surface area contributed by atoms with E-state index in [2.05, 4.69) is 45.9 Å². The molecule has 1 aromatic carbocycles. The molecule has 2 rings (SSSR count). The van der Waals surface area contributed by atoms with Crippen molar-refractivity contribution in [3.8, 4) is 0 Å². The van der Waals surface area contributed by atoms with Crippen molar-refractivity contribution in [1.29, 1.82) is 0 Å². The zero-order valence-electron chi connectivity index (χ0n) is 13.4. The second-order valence-corrected chi connectivity index (χ2v) is 6.86. The van der Waals surface area contributed by atoms with Gasteiger partial charge in [0.1, 0.15) is 0 Å². The lowest BCUT2D eigenvalue weighted by atomic mass is 9.80. The van der Waals surface area contributed by atoms with Crippen LogP contribution in [0.3, 0.4) is 0 Å². The molecule has 1 heteroatoms. The average molecular weight is 272 g/mol. The van der Waals surface area contributed by atoms with Crippen molar-refractivity contribution in [2.75, 3.05) is 0 Å². The number of carbonyl (C=O) groups is 1. The van der Waals surface area contributed by atoms with E-state index in [-0.39, 0.29) is 5.92 Å². The highest BCUT2D eigenvalue weighted by Crippen LogP contribution is 2.31. The van der Waals surface area contributed by atoms with Gasteiger partial charge in [-0.1, -0.05) is 65.2 Å². The first kappa shape index (κ1) is 15.3. The monoisotopic (exact) mass is 272 g/mol. The van der Waals surface area contributed by atoms with Gasteiger partial charge in [-0.15, -0.1) is 0 Å². The molecule has 20 heavy (non-hydrogen) atoms. The number of ketones is 1. The summed E-state index contributed by atoms with van der Waals surface area (Å²) in [5.41, 5.74) is 3.57. The molecule has 0 aliphatic heterocycles. The van der Waals surface area contributed by atoms with E-state index in [1.165, 1.54) is 30.4 Å². The number of hydrogen-bond acceptors (Lipinski definition) is 1. The maximum absolute atomic E-state index is 12.8. The van der Waals surface area contributed by atoms with Crippen LogP contribution < -0.4 is 0 Å². The lowest BCUT2D eigenvalue weighted by Gasteiger charge is -2.23. The molecule has 0 saturated heterocycles. The van der Waals surface area contributed by atoms with Gasteiger partial charge in [-0.05, 0) is 35.8 Å². The number of carbonyl (C=O) groups excluding carboxylic acids is 1. The zero-order chi connectivity index (χ0) is 14.7. The Morgan fingerprint density at radius 2 is 1.65 bits per heavy atom. The maximum Gasteiger partial charge on any atom is 0.166 e. The second-order valence-electron chi connectivity index (χ2n) is 6.86. The summed E-state index contributed by atoms with van der Waals surface area (Å²) >= 11 is 0. The Morgan fingerprint density at radius 1 is 1.00 bits per heavy atom. The molecule has 1 aliphatic rings. The summed E-state index contributed by atoms with van der Waals surface area (Å²) < 4.78 is 0. The standard InChI is InChI=1S/C19H28O/c1-13(2)16-10-11-17(18(12-16)14(3)4)19(20)15-8-6-5-7-9-15/h10-15H,5-9H2,1-4H3. The molecule has 1 aliphatic carbocycles. The molecule has 1 fully saturated rings. The highest BCUT2D eigenvalue weighted by molar-refractivity contribution is 5.99. The van der Waals surface area contributed by atoms with Crippen LogP contribution >= 0.6 is 0 Å². The fraction of sp³-hybridized carbons (Fsp3) is 0.632. The molecule has 0 radical (unpaired) electrons. The second kappa shape index (κ2) is 6.56. The molecule has 1 aromatic rings. The first-order valence-corrected chi connectivity index (χ1v) is 8.18. The summed E-state index contributed by atoms with van der Waals surface area (Å²) in [6, 6.07) is 6.49. The van der Waals surface area contributed by atoms with Crippen molar-refractivity contribution < 1.29 is 4.79 Å². The average Bonchev–Trinajstić information content (AvgIpc) is 2.46. The number of benzene rings is 1. The van der Waals surface area contributed by atoms with Gasteiger partial charge >= 0.3 is 0 Å². The largest absolute Gasteiger partial charge is 0.294 e. The predicted octanol–water partition coefficient (Wildman–Crippen LogP) is 5.70. The van der Waals surface area contributed by atoms with E-state index in [0.29, 0.717) is 17.6 Å². The van der Waals surface area contributed by atoms with Crippen LogP contribution in [-0.2, 0) is 0 Å². The smallest absolute Gasteiger partial charge is 0.166 e. The van der Waals surface area contributed by atoms with E-state index in [9.17, 15) is 4.79 Å². The Balaban J connectivity index is 2.32. The fourth-order valence-corrected chi connectivity index (χ4v) is 3.23. The van der Waals surface area contributed by atoms with Crippen molar-refractivity contribution in [2.45, 2.75) is 71.6 Å². The van der Waals surface area contributed by atoms with Crippen LogP contribution in [0, 0.1) is 5.92 Å². The summed E-state index contributed by atoms with van der Waals surface area (Å²) in [5.74, 6) is 1.59. The SMILES string of the molecule is CC(C)c1ccc(C(=O)C2CCCCC2)c(C(C)C)c1. The molecular weight excluding hydrogens is 244 g/mol. The van der Waals surface area contributed by atoms with Crippen LogP contribution in [0.2, 0.25) is 0 Å². The van der Waals surface area contributed by atoms with Gasteiger partial charge < -0.3 is 0 Å². The number of hydrogen-bond donors (Lipinski definition) is 0. The number of Topliss-reactive ketones (excluding diaryl/α,β-unsaturated/α-hetero) is 1. The Labute approximate surface area is 123 Å². The molecule has 110 valence electrons. The first-order chi connectivity index (χ1) is 9.50. The first-order valence-electron chi connectivity index (χ1n) is 8.18. The molecular formula is C19H28O. The lowest BCUT2D eigenvalue weighted by molar-refractivity contribution is 0.0888. The molecule has 0 heterocycles. The van der Waals surface area contributed by atoms with E-state index >= 15 is 0 Å². The van der Waals surface area contributed by atoms with Gasteiger partial charge in [-0.25, -0.2) is 0 Å². The van der Waals surface area contributed by atoms with Crippen molar-refractivity contribution in [2.24, 2.45) is 5.92 Å². The van der Waals surface area contributed by atoms with Crippen molar-refractivity contribution in [3.05, 3.63) is 34.9 Å². The van der Waals surface area contributed by atoms with Crippen LogP contribution in [0.15, 0.2) is 18.2 Å². The molecule has 1 nitrogen and oxygen atoms in total. The minimum absolute atomic E-state index is 0.270. The van der Waals surface area contributed by atoms with E-state index in [1.54, 1.807) is 0 Å². The van der Waals surface area contributed by atoms with Gasteiger partial charge in [0.25, 0.3) is 0 Å². The molecule has 0 unspecified atom stereocenters. The van der Waals surface area contributed by atoms with Gasteiger partial charge in [0.15, 0.2) is 5.78 Å². The Bertz CT molecular complexity index is 465. The van der Waals surface area contributed by atoms with Crippen LogP contribution in [0.25, 0.3) is 0 Å². The van der Waals surface area contributed by atoms with Gasteiger partial charge in [0.05, 0.1) is 0 Å². The summed E-state index contributed by atoms with van der Waals surface area (Å²) in [7, 11) is 0. The fourth-order valence-electron chi connectivity index (χ4n) is 3.23. The number of rotatable bonds is 4. The Kier molecular flexibility index (Phi) is 5.01. The van der Waals surface area contributed by atoms with Crippen molar-refractivity contribution in [3.63, 3.8) is 0 Å². The maximum atomic E-state index is 12.8. The van der Waals surface area contributed by atoms with Crippen LogP contribution in [0.5, 0.6) is 0 Å².